The number of likely N-dealkylation sites (N-methyl/N-ethyl adjacent to an activating group) is 1. The van der Waals surface area contributed by atoms with E-state index in [9.17, 15) is 18.3 Å². The fraction of sp³-hybridized carbons (Fsp3) is 0.550. The van der Waals surface area contributed by atoms with Crippen molar-refractivity contribution in [1.29, 1.82) is 0 Å². The minimum atomic E-state index is -2.98. The highest BCUT2D eigenvalue weighted by molar-refractivity contribution is 7.91. The minimum Gasteiger partial charge on any atom is -0.396 e. The highest BCUT2D eigenvalue weighted by atomic mass is 32.2. The molecule has 29 heavy (non-hydrogen) atoms. The highest BCUT2D eigenvalue weighted by Crippen LogP contribution is 2.42. The van der Waals surface area contributed by atoms with Crippen molar-refractivity contribution in [2.24, 2.45) is 0 Å². The number of carbonyl (C=O) groups is 1. The van der Waals surface area contributed by atoms with Crippen LogP contribution in [0.4, 0.5) is 5.69 Å². The molecule has 0 bridgehead atoms. The number of hydrogen-bond donors (Lipinski definition) is 1. The Kier molecular flexibility index (Phi) is 4.77. The predicted octanol–water partition coefficient (Wildman–Crippen LogP) is 1.48. The average molecular weight is 419 g/mol. The summed E-state index contributed by atoms with van der Waals surface area (Å²) in [7, 11) is -1.21. The Hall–Kier alpha value is -2.26. The average Bonchev–Trinajstić information content (AvgIpc) is 3.16. The van der Waals surface area contributed by atoms with Gasteiger partial charge in [-0.2, -0.15) is 5.10 Å². The fourth-order valence-corrected chi connectivity index (χ4v) is 5.73. The summed E-state index contributed by atoms with van der Waals surface area (Å²) >= 11 is 0. The zero-order chi connectivity index (χ0) is 21.0. The van der Waals surface area contributed by atoms with Crippen molar-refractivity contribution in [2.75, 3.05) is 30.1 Å². The van der Waals surface area contributed by atoms with Gasteiger partial charge in [-0.25, -0.2) is 18.1 Å². The van der Waals surface area contributed by atoms with E-state index < -0.39 is 15.3 Å². The first-order chi connectivity index (χ1) is 13.6. The molecule has 1 aromatic carbocycles. The zero-order valence-corrected chi connectivity index (χ0v) is 17.7. The van der Waals surface area contributed by atoms with Crippen molar-refractivity contribution in [3.63, 3.8) is 0 Å². The van der Waals surface area contributed by atoms with Gasteiger partial charge in [0.15, 0.2) is 11.6 Å². The van der Waals surface area contributed by atoms with Crippen LogP contribution in [0.5, 0.6) is 0 Å². The van der Waals surface area contributed by atoms with Gasteiger partial charge in [0.25, 0.3) is 0 Å². The lowest BCUT2D eigenvalue weighted by atomic mass is 9.85. The molecule has 8 nitrogen and oxygen atoms in total. The van der Waals surface area contributed by atoms with E-state index in [4.69, 9.17) is 0 Å². The van der Waals surface area contributed by atoms with E-state index >= 15 is 0 Å². The summed E-state index contributed by atoms with van der Waals surface area (Å²) < 4.78 is 25.5. The SMILES string of the molecule is CN1C(=O)C(C)(C)c2cc(-c3nc(CCO)nn3C3CCS(=O)(=O)CC3)ccc21. The van der Waals surface area contributed by atoms with Crippen LogP contribution in [0, 0.1) is 0 Å². The zero-order valence-electron chi connectivity index (χ0n) is 16.9. The Morgan fingerprint density at radius 1 is 1.24 bits per heavy atom. The van der Waals surface area contributed by atoms with Gasteiger partial charge in [0.1, 0.15) is 9.84 Å². The number of carbonyl (C=O) groups excluding carboxylic acids is 1. The number of nitrogens with zero attached hydrogens (tertiary/aromatic N) is 4. The number of aliphatic hydroxyl groups is 1. The van der Waals surface area contributed by atoms with Crippen LogP contribution in [0.1, 0.15) is 44.1 Å². The van der Waals surface area contributed by atoms with Gasteiger partial charge in [0, 0.05) is 24.7 Å². The second kappa shape index (κ2) is 6.91. The first-order valence-corrected chi connectivity index (χ1v) is 11.7. The molecular weight excluding hydrogens is 392 g/mol. The molecule has 156 valence electrons. The minimum absolute atomic E-state index is 0.0459. The van der Waals surface area contributed by atoms with E-state index in [1.54, 1.807) is 11.9 Å². The maximum atomic E-state index is 12.6. The largest absolute Gasteiger partial charge is 0.396 e. The van der Waals surface area contributed by atoms with Gasteiger partial charge in [-0.3, -0.25) is 4.79 Å². The Balaban J connectivity index is 1.78. The number of anilines is 1. The van der Waals surface area contributed by atoms with Crippen LogP contribution in [0.25, 0.3) is 11.4 Å². The van der Waals surface area contributed by atoms with Gasteiger partial charge in [0.05, 0.1) is 29.6 Å². The Morgan fingerprint density at radius 2 is 1.93 bits per heavy atom. The topological polar surface area (TPSA) is 105 Å². The van der Waals surface area contributed by atoms with E-state index in [1.807, 2.05) is 36.7 Å². The second-order valence-corrected chi connectivity index (χ2v) is 10.7. The van der Waals surface area contributed by atoms with Gasteiger partial charge < -0.3 is 10.0 Å². The van der Waals surface area contributed by atoms with Crippen LogP contribution >= 0.6 is 0 Å². The van der Waals surface area contributed by atoms with E-state index in [-0.39, 0.29) is 30.1 Å². The molecular formula is C20H26N4O4S. The van der Waals surface area contributed by atoms with Gasteiger partial charge in [0.2, 0.25) is 5.91 Å². The summed E-state index contributed by atoms with van der Waals surface area (Å²) in [6.45, 7) is 3.77. The molecule has 3 heterocycles. The van der Waals surface area contributed by atoms with Crippen molar-refractivity contribution in [3.05, 3.63) is 29.6 Å². The third kappa shape index (κ3) is 3.36. The lowest BCUT2D eigenvalue weighted by molar-refractivity contribution is -0.121. The van der Waals surface area contributed by atoms with Crippen molar-refractivity contribution in [2.45, 2.75) is 44.6 Å². The maximum absolute atomic E-state index is 12.6. The van der Waals surface area contributed by atoms with E-state index in [0.717, 1.165) is 16.8 Å². The molecule has 0 aliphatic carbocycles. The van der Waals surface area contributed by atoms with Crippen LogP contribution in [0.15, 0.2) is 18.2 Å². The lowest BCUT2D eigenvalue weighted by Crippen LogP contribution is -2.33. The highest BCUT2D eigenvalue weighted by Gasteiger charge is 2.42. The summed E-state index contributed by atoms with van der Waals surface area (Å²) in [6, 6.07) is 5.78. The van der Waals surface area contributed by atoms with Crippen LogP contribution < -0.4 is 4.90 Å². The molecule has 1 amide bonds. The molecule has 1 fully saturated rings. The van der Waals surface area contributed by atoms with Crippen molar-refractivity contribution in [1.82, 2.24) is 14.8 Å². The summed E-state index contributed by atoms with van der Waals surface area (Å²) in [5.41, 5.74) is 2.03. The maximum Gasteiger partial charge on any atom is 0.236 e. The molecule has 0 saturated carbocycles. The summed E-state index contributed by atoms with van der Waals surface area (Å²) in [6.07, 6.45) is 1.33. The van der Waals surface area contributed by atoms with Gasteiger partial charge in [-0.05, 0) is 50.5 Å². The number of aromatic nitrogens is 3. The molecule has 1 N–H and O–H groups in total. The molecule has 2 aliphatic heterocycles. The smallest absolute Gasteiger partial charge is 0.236 e. The van der Waals surface area contributed by atoms with Gasteiger partial charge in [-0.15, -0.1) is 0 Å². The number of rotatable bonds is 4. The lowest BCUT2D eigenvalue weighted by Gasteiger charge is -2.23. The number of hydrogen-bond acceptors (Lipinski definition) is 6. The summed E-state index contributed by atoms with van der Waals surface area (Å²) in [5.74, 6) is 1.51. The fourth-order valence-electron chi connectivity index (χ4n) is 4.26. The standard InChI is InChI=1S/C20H26N4O4S/c1-20(2)15-12-13(4-5-16(15)23(3)19(20)26)18-21-17(6-9-25)22-24(18)14-7-10-29(27,28)11-8-14/h4-5,12,14,25H,6-11H2,1-3H3. The van der Waals surface area contributed by atoms with Crippen LogP contribution in [-0.2, 0) is 26.5 Å². The Morgan fingerprint density at radius 3 is 2.59 bits per heavy atom. The molecule has 2 aromatic rings. The quantitative estimate of drug-likeness (QED) is 0.806. The number of fused-ring (bicyclic) bond motifs is 1. The monoisotopic (exact) mass is 418 g/mol. The number of sulfone groups is 1. The number of aliphatic hydroxyl groups excluding tert-OH is 1. The molecule has 1 aromatic heterocycles. The number of benzene rings is 1. The normalized spacial score (nSPS) is 20.8. The molecule has 2 aliphatic rings. The summed E-state index contributed by atoms with van der Waals surface area (Å²) in [4.78, 5) is 18.9. The molecule has 0 spiro atoms. The Bertz CT molecular complexity index is 1060. The van der Waals surface area contributed by atoms with Crippen molar-refractivity contribution in [3.8, 4) is 11.4 Å². The third-order valence-corrected chi connectivity index (χ3v) is 7.72. The summed E-state index contributed by atoms with van der Waals surface area (Å²) in [5, 5.41) is 13.9. The van der Waals surface area contributed by atoms with Crippen LogP contribution in [0.2, 0.25) is 0 Å². The molecule has 1 saturated heterocycles. The van der Waals surface area contributed by atoms with Crippen LogP contribution in [0.3, 0.4) is 0 Å². The van der Waals surface area contributed by atoms with Crippen molar-refractivity contribution >= 4 is 21.4 Å². The molecule has 9 heteroatoms. The van der Waals surface area contributed by atoms with Gasteiger partial charge >= 0.3 is 0 Å². The Labute approximate surface area is 170 Å². The number of amides is 1. The third-order valence-electron chi connectivity index (χ3n) is 6.01. The predicted molar refractivity (Wildman–Crippen MR) is 110 cm³/mol. The van der Waals surface area contributed by atoms with E-state index in [1.165, 1.54) is 0 Å². The van der Waals surface area contributed by atoms with Gasteiger partial charge in [-0.1, -0.05) is 0 Å². The first kappa shape index (κ1) is 20.0. The second-order valence-electron chi connectivity index (χ2n) is 8.37. The van der Waals surface area contributed by atoms with E-state index in [0.29, 0.717) is 30.9 Å². The molecule has 0 atom stereocenters. The van der Waals surface area contributed by atoms with E-state index in [2.05, 4.69) is 10.1 Å². The first-order valence-electron chi connectivity index (χ1n) is 9.84. The van der Waals surface area contributed by atoms with Crippen molar-refractivity contribution < 1.29 is 18.3 Å². The molecule has 0 unspecified atom stereocenters. The van der Waals surface area contributed by atoms with Crippen LogP contribution in [-0.4, -0.2) is 59.4 Å². The molecule has 0 radical (unpaired) electrons. The molecule has 4 rings (SSSR count).